The van der Waals surface area contributed by atoms with Gasteiger partial charge in [0.2, 0.25) is 0 Å². The van der Waals surface area contributed by atoms with E-state index in [0.29, 0.717) is 5.75 Å². The standard InChI is InChI=1S/C14H15NO3/c1-16-10-18-14-9-11(17-2)6-7-12(14)13-5-3-4-8-15-13/h3-9H,10H2,1-2H3. The Hall–Kier alpha value is -2.07. The lowest BCUT2D eigenvalue weighted by molar-refractivity contribution is 0.0514. The van der Waals surface area contributed by atoms with Gasteiger partial charge in [-0.15, -0.1) is 0 Å². The van der Waals surface area contributed by atoms with Crippen LogP contribution >= 0.6 is 0 Å². The van der Waals surface area contributed by atoms with Crippen molar-refractivity contribution in [2.24, 2.45) is 0 Å². The molecule has 1 aromatic carbocycles. The van der Waals surface area contributed by atoms with Gasteiger partial charge in [0.1, 0.15) is 11.5 Å². The number of hydrogen-bond donors (Lipinski definition) is 0. The van der Waals surface area contributed by atoms with Crippen LogP contribution in [-0.2, 0) is 4.74 Å². The Labute approximate surface area is 106 Å². The van der Waals surface area contributed by atoms with Crippen LogP contribution in [0.2, 0.25) is 0 Å². The van der Waals surface area contributed by atoms with Gasteiger partial charge < -0.3 is 14.2 Å². The molecule has 0 aliphatic heterocycles. The van der Waals surface area contributed by atoms with Crippen LogP contribution in [-0.4, -0.2) is 26.0 Å². The molecule has 0 radical (unpaired) electrons. The normalized spacial score (nSPS) is 10.1. The van der Waals surface area contributed by atoms with Crippen molar-refractivity contribution in [1.29, 1.82) is 0 Å². The summed E-state index contributed by atoms with van der Waals surface area (Å²) in [4.78, 5) is 4.31. The highest BCUT2D eigenvalue weighted by molar-refractivity contribution is 5.68. The summed E-state index contributed by atoms with van der Waals surface area (Å²) in [6.45, 7) is 0.188. The first-order valence-corrected chi connectivity index (χ1v) is 5.56. The van der Waals surface area contributed by atoms with E-state index in [1.165, 1.54) is 0 Å². The Bertz CT molecular complexity index is 500. The van der Waals surface area contributed by atoms with E-state index in [2.05, 4.69) is 4.98 Å². The number of ether oxygens (including phenoxy) is 3. The van der Waals surface area contributed by atoms with Gasteiger partial charge in [-0.3, -0.25) is 4.98 Å². The molecule has 0 saturated heterocycles. The predicted molar refractivity (Wildman–Crippen MR) is 68.7 cm³/mol. The Morgan fingerprint density at radius 1 is 1.11 bits per heavy atom. The highest BCUT2D eigenvalue weighted by Gasteiger charge is 2.08. The van der Waals surface area contributed by atoms with Gasteiger partial charge in [-0.05, 0) is 24.3 Å². The highest BCUT2D eigenvalue weighted by Crippen LogP contribution is 2.32. The van der Waals surface area contributed by atoms with E-state index in [9.17, 15) is 0 Å². The molecule has 1 aromatic heterocycles. The van der Waals surface area contributed by atoms with Crippen LogP contribution in [0.3, 0.4) is 0 Å². The third-order valence-electron chi connectivity index (χ3n) is 2.46. The minimum atomic E-state index is 0.188. The number of rotatable bonds is 5. The van der Waals surface area contributed by atoms with Crippen LogP contribution in [0.25, 0.3) is 11.3 Å². The van der Waals surface area contributed by atoms with Crippen molar-refractivity contribution in [3.63, 3.8) is 0 Å². The van der Waals surface area contributed by atoms with E-state index in [-0.39, 0.29) is 6.79 Å². The van der Waals surface area contributed by atoms with Crippen molar-refractivity contribution < 1.29 is 14.2 Å². The fraction of sp³-hybridized carbons (Fsp3) is 0.214. The lowest BCUT2D eigenvalue weighted by Crippen LogP contribution is -2.01. The molecule has 0 saturated carbocycles. The highest BCUT2D eigenvalue weighted by atomic mass is 16.7. The smallest absolute Gasteiger partial charge is 0.188 e. The fourth-order valence-corrected chi connectivity index (χ4v) is 1.61. The van der Waals surface area contributed by atoms with Crippen molar-refractivity contribution in [2.45, 2.75) is 0 Å². The van der Waals surface area contributed by atoms with Crippen LogP contribution in [0.5, 0.6) is 11.5 Å². The first kappa shape index (κ1) is 12.4. The predicted octanol–water partition coefficient (Wildman–Crippen LogP) is 2.74. The fourth-order valence-electron chi connectivity index (χ4n) is 1.61. The Morgan fingerprint density at radius 3 is 2.67 bits per heavy atom. The maximum atomic E-state index is 5.54. The topological polar surface area (TPSA) is 40.6 Å². The van der Waals surface area contributed by atoms with E-state index in [4.69, 9.17) is 14.2 Å². The second kappa shape index (κ2) is 6.02. The molecular weight excluding hydrogens is 230 g/mol. The molecule has 1 heterocycles. The van der Waals surface area contributed by atoms with Crippen molar-refractivity contribution in [1.82, 2.24) is 4.98 Å². The van der Waals surface area contributed by atoms with Crippen LogP contribution in [0.4, 0.5) is 0 Å². The molecule has 0 amide bonds. The molecule has 0 atom stereocenters. The molecular formula is C14H15NO3. The van der Waals surface area contributed by atoms with Crippen molar-refractivity contribution in [3.05, 3.63) is 42.6 Å². The van der Waals surface area contributed by atoms with Crippen molar-refractivity contribution in [2.75, 3.05) is 21.0 Å². The number of benzene rings is 1. The Balaban J connectivity index is 2.39. The van der Waals surface area contributed by atoms with Crippen LogP contribution < -0.4 is 9.47 Å². The summed E-state index contributed by atoms with van der Waals surface area (Å²) < 4.78 is 15.7. The zero-order valence-electron chi connectivity index (χ0n) is 10.4. The SMILES string of the molecule is COCOc1cc(OC)ccc1-c1ccccn1. The lowest BCUT2D eigenvalue weighted by Gasteiger charge is -2.11. The minimum absolute atomic E-state index is 0.188. The van der Waals surface area contributed by atoms with E-state index in [1.807, 2.05) is 36.4 Å². The number of methoxy groups -OCH3 is 2. The number of hydrogen-bond acceptors (Lipinski definition) is 4. The van der Waals surface area contributed by atoms with Gasteiger partial charge in [-0.1, -0.05) is 6.07 Å². The second-order valence-corrected chi connectivity index (χ2v) is 3.63. The van der Waals surface area contributed by atoms with Crippen molar-refractivity contribution in [3.8, 4) is 22.8 Å². The third-order valence-corrected chi connectivity index (χ3v) is 2.46. The van der Waals surface area contributed by atoms with Gasteiger partial charge in [0.05, 0.1) is 12.8 Å². The van der Waals surface area contributed by atoms with Gasteiger partial charge in [-0.25, -0.2) is 0 Å². The molecule has 0 spiro atoms. The zero-order valence-corrected chi connectivity index (χ0v) is 10.4. The molecule has 2 aromatic rings. The summed E-state index contributed by atoms with van der Waals surface area (Å²) in [6.07, 6.45) is 1.75. The summed E-state index contributed by atoms with van der Waals surface area (Å²) in [6, 6.07) is 11.4. The van der Waals surface area contributed by atoms with Gasteiger partial charge in [-0.2, -0.15) is 0 Å². The van der Waals surface area contributed by atoms with E-state index in [0.717, 1.165) is 17.0 Å². The Kier molecular flexibility index (Phi) is 4.15. The average Bonchev–Trinajstić information content (AvgIpc) is 2.45. The summed E-state index contributed by atoms with van der Waals surface area (Å²) in [5.74, 6) is 1.43. The van der Waals surface area contributed by atoms with E-state index < -0.39 is 0 Å². The summed E-state index contributed by atoms with van der Waals surface area (Å²) >= 11 is 0. The third kappa shape index (κ3) is 2.78. The van der Waals surface area contributed by atoms with Crippen molar-refractivity contribution >= 4 is 0 Å². The van der Waals surface area contributed by atoms with Gasteiger partial charge >= 0.3 is 0 Å². The molecule has 0 bridgehead atoms. The monoisotopic (exact) mass is 245 g/mol. The molecule has 4 nitrogen and oxygen atoms in total. The molecule has 0 fully saturated rings. The van der Waals surface area contributed by atoms with E-state index in [1.54, 1.807) is 20.4 Å². The average molecular weight is 245 g/mol. The molecule has 94 valence electrons. The summed E-state index contributed by atoms with van der Waals surface area (Å²) in [5, 5.41) is 0. The van der Waals surface area contributed by atoms with Gasteiger partial charge in [0.25, 0.3) is 0 Å². The molecule has 2 rings (SSSR count). The van der Waals surface area contributed by atoms with Gasteiger partial charge in [0.15, 0.2) is 6.79 Å². The summed E-state index contributed by atoms with van der Waals surface area (Å²) in [5.41, 5.74) is 1.76. The van der Waals surface area contributed by atoms with Crippen LogP contribution in [0.15, 0.2) is 42.6 Å². The molecule has 0 aliphatic carbocycles. The first-order valence-electron chi connectivity index (χ1n) is 5.56. The number of pyridine rings is 1. The number of aromatic nitrogens is 1. The minimum Gasteiger partial charge on any atom is -0.497 e. The zero-order chi connectivity index (χ0) is 12.8. The van der Waals surface area contributed by atoms with Crippen LogP contribution in [0, 0.1) is 0 Å². The molecule has 0 unspecified atom stereocenters. The second-order valence-electron chi connectivity index (χ2n) is 3.63. The Morgan fingerprint density at radius 2 is 2.00 bits per heavy atom. The lowest BCUT2D eigenvalue weighted by atomic mass is 10.1. The van der Waals surface area contributed by atoms with Crippen LogP contribution in [0.1, 0.15) is 0 Å². The molecule has 0 N–H and O–H groups in total. The molecule has 4 heteroatoms. The van der Waals surface area contributed by atoms with Gasteiger partial charge in [0, 0.05) is 24.9 Å². The van der Waals surface area contributed by atoms with E-state index >= 15 is 0 Å². The maximum absolute atomic E-state index is 5.54. The number of nitrogens with zero attached hydrogens (tertiary/aromatic N) is 1. The summed E-state index contributed by atoms with van der Waals surface area (Å²) in [7, 11) is 3.20. The quantitative estimate of drug-likeness (QED) is 0.759. The maximum Gasteiger partial charge on any atom is 0.188 e. The first-order chi connectivity index (χ1) is 8.85. The molecule has 18 heavy (non-hydrogen) atoms. The molecule has 0 aliphatic rings. The largest absolute Gasteiger partial charge is 0.497 e.